The van der Waals surface area contributed by atoms with E-state index in [0.717, 1.165) is 50.0 Å². The molecule has 0 fully saturated rings. The maximum atomic E-state index is 5.83. The zero-order valence-corrected chi connectivity index (χ0v) is 30.2. The van der Waals surface area contributed by atoms with Crippen molar-refractivity contribution in [3.63, 3.8) is 0 Å². The summed E-state index contributed by atoms with van der Waals surface area (Å²) >= 11 is 0. The monoisotopic (exact) mass is 615 g/mol. The van der Waals surface area contributed by atoms with Crippen LogP contribution in [0.5, 0.6) is 0 Å². The lowest BCUT2D eigenvalue weighted by Gasteiger charge is -2.36. The van der Waals surface area contributed by atoms with Gasteiger partial charge in [-0.25, -0.2) is 0 Å². The van der Waals surface area contributed by atoms with Gasteiger partial charge in [-0.2, -0.15) is 4.58 Å². The summed E-state index contributed by atoms with van der Waals surface area (Å²) < 4.78 is 4.82. The SMILES string of the molecule is CC[N+](CC)(CC)CCCN1C(=CC=CC2=[N+](CCC[N+](C)(C)CCCN)c3ccccc3C2(C)C)C(C)(C)c2ccccc21. The quantitative estimate of drug-likeness (QED) is 0.158. The fourth-order valence-corrected chi connectivity index (χ4v) is 7.99. The Labute approximate surface area is 275 Å². The fourth-order valence-electron chi connectivity index (χ4n) is 7.99. The van der Waals surface area contributed by atoms with Crippen molar-refractivity contribution >= 4 is 17.1 Å². The van der Waals surface area contributed by atoms with Gasteiger partial charge >= 0.3 is 0 Å². The number of anilines is 1. The van der Waals surface area contributed by atoms with Crippen LogP contribution in [-0.2, 0) is 10.8 Å². The first-order valence-electron chi connectivity index (χ1n) is 17.7. The zero-order valence-electron chi connectivity index (χ0n) is 30.2. The predicted octanol–water partition coefficient (Wildman–Crippen LogP) is 7.38. The Morgan fingerprint density at radius 1 is 0.778 bits per heavy atom. The topological polar surface area (TPSA) is 32.3 Å². The molecule has 4 rings (SSSR count). The van der Waals surface area contributed by atoms with Gasteiger partial charge in [-0.1, -0.05) is 56.3 Å². The van der Waals surface area contributed by atoms with Crippen molar-refractivity contribution in [2.24, 2.45) is 5.73 Å². The fraction of sp³-hybridized carbons (Fsp3) is 0.575. The van der Waals surface area contributed by atoms with Crippen molar-refractivity contribution in [1.82, 2.24) is 0 Å². The molecule has 5 nitrogen and oxygen atoms in total. The summed E-state index contributed by atoms with van der Waals surface area (Å²) in [6.45, 7) is 26.6. The van der Waals surface area contributed by atoms with Gasteiger partial charge in [-0.15, -0.1) is 0 Å². The highest BCUT2D eigenvalue weighted by atomic mass is 15.3. The second-order valence-corrected chi connectivity index (χ2v) is 15.1. The molecule has 0 saturated carbocycles. The normalized spacial score (nSPS) is 18.4. The van der Waals surface area contributed by atoms with Crippen molar-refractivity contribution in [1.29, 1.82) is 0 Å². The van der Waals surface area contributed by atoms with Crippen molar-refractivity contribution in [3.8, 4) is 0 Å². The van der Waals surface area contributed by atoms with Crippen molar-refractivity contribution in [3.05, 3.63) is 83.6 Å². The lowest BCUT2D eigenvalue weighted by molar-refractivity contribution is -0.923. The Hall–Kier alpha value is -2.73. The minimum Gasteiger partial charge on any atom is -0.344 e. The van der Waals surface area contributed by atoms with E-state index in [4.69, 9.17) is 5.73 Å². The van der Waals surface area contributed by atoms with E-state index in [1.807, 2.05) is 0 Å². The van der Waals surface area contributed by atoms with E-state index in [9.17, 15) is 0 Å². The summed E-state index contributed by atoms with van der Waals surface area (Å²) in [6, 6.07) is 18.1. The molecule has 45 heavy (non-hydrogen) atoms. The van der Waals surface area contributed by atoms with Gasteiger partial charge in [0, 0.05) is 53.9 Å². The molecule has 0 atom stereocenters. The number of allylic oxidation sites excluding steroid dienone is 4. The van der Waals surface area contributed by atoms with E-state index in [-0.39, 0.29) is 10.8 Å². The van der Waals surface area contributed by atoms with E-state index < -0.39 is 0 Å². The number of rotatable bonds is 16. The number of quaternary nitrogens is 2. The van der Waals surface area contributed by atoms with Crippen molar-refractivity contribution < 1.29 is 13.5 Å². The summed E-state index contributed by atoms with van der Waals surface area (Å²) in [5.74, 6) is 0. The Morgan fingerprint density at radius 2 is 1.40 bits per heavy atom. The lowest BCUT2D eigenvalue weighted by atomic mass is 9.81. The van der Waals surface area contributed by atoms with E-state index in [0.29, 0.717) is 0 Å². The van der Waals surface area contributed by atoms with Gasteiger partial charge in [0.15, 0.2) is 12.3 Å². The predicted molar refractivity (Wildman–Crippen MR) is 195 cm³/mol. The first-order chi connectivity index (χ1) is 21.4. The third kappa shape index (κ3) is 7.32. The maximum absolute atomic E-state index is 5.83. The number of nitrogens with zero attached hydrogens (tertiary/aromatic N) is 4. The molecule has 0 unspecified atom stereocenters. The molecule has 2 aromatic carbocycles. The Morgan fingerprint density at radius 3 is 2.07 bits per heavy atom. The first-order valence-corrected chi connectivity index (χ1v) is 17.7. The zero-order chi connectivity index (χ0) is 32.9. The molecular weight excluding hydrogens is 550 g/mol. The molecule has 2 aliphatic heterocycles. The van der Waals surface area contributed by atoms with Crippen LogP contribution in [0, 0.1) is 0 Å². The summed E-state index contributed by atoms with van der Waals surface area (Å²) in [7, 11) is 4.68. The largest absolute Gasteiger partial charge is 0.344 e. The van der Waals surface area contributed by atoms with Crippen LogP contribution in [0.4, 0.5) is 11.4 Å². The lowest BCUT2D eigenvalue weighted by Crippen LogP contribution is -2.48. The van der Waals surface area contributed by atoms with Gasteiger partial charge in [0.2, 0.25) is 5.69 Å². The number of fused-ring (bicyclic) bond motifs is 2. The maximum Gasteiger partial charge on any atom is 0.209 e. The molecule has 0 bridgehead atoms. The van der Waals surface area contributed by atoms with Gasteiger partial charge < -0.3 is 19.6 Å². The molecule has 2 aromatic rings. The molecule has 0 radical (unpaired) electrons. The Kier molecular flexibility index (Phi) is 11.2. The number of benzene rings is 2. The number of para-hydroxylation sites is 2. The summed E-state index contributed by atoms with van der Waals surface area (Å²) in [5, 5.41) is 0. The molecule has 0 saturated heterocycles. The average molecular weight is 615 g/mol. The summed E-state index contributed by atoms with van der Waals surface area (Å²) in [6.07, 6.45) is 10.6. The molecule has 2 aliphatic rings. The van der Waals surface area contributed by atoms with E-state index in [2.05, 4.69) is 139 Å². The molecule has 0 amide bonds. The van der Waals surface area contributed by atoms with Crippen LogP contribution in [0.25, 0.3) is 0 Å². The van der Waals surface area contributed by atoms with Crippen LogP contribution < -0.4 is 10.6 Å². The number of hydrogen-bond donors (Lipinski definition) is 1. The third-order valence-electron chi connectivity index (χ3n) is 11.2. The van der Waals surface area contributed by atoms with Gasteiger partial charge in [0.1, 0.15) is 0 Å². The molecule has 246 valence electrons. The Balaban J connectivity index is 1.65. The minimum absolute atomic E-state index is 0.0430. The standard InChI is InChI=1S/C40H64N5/c1-10-45(11-2,12-3)32-20-29-43-36-24-16-14-22-34(36)40(6,7)38(43)26-17-25-37-39(4,5)33-21-13-15-23-35(33)42(37)28-19-31-44(8,9)30-18-27-41/h13-17,21-26H,10-12,18-20,27-32,41H2,1-9H3/q+3. The minimum atomic E-state index is -0.0505. The summed E-state index contributed by atoms with van der Waals surface area (Å²) in [4.78, 5) is 2.62. The van der Waals surface area contributed by atoms with Crippen LogP contribution >= 0.6 is 0 Å². The molecule has 2 heterocycles. The highest BCUT2D eigenvalue weighted by Gasteiger charge is 2.44. The molecule has 5 heteroatoms. The highest BCUT2D eigenvalue weighted by molar-refractivity contribution is 6.03. The molecule has 0 aromatic heterocycles. The second-order valence-electron chi connectivity index (χ2n) is 15.1. The highest BCUT2D eigenvalue weighted by Crippen LogP contribution is 2.48. The number of hydrogen-bond acceptors (Lipinski definition) is 2. The first kappa shape index (κ1) is 35.1. The van der Waals surface area contributed by atoms with Crippen LogP contribution in [0.3, 0.4) is 0 Å². The van der Waals surface area contributed by atoms with E-state index in [1.54, 1.807) is 0 Å². The Bertz CT molecular complexity index is 1380. The van der Waals surface area contributed by atoms with Gasteiger partial charge in [-0.05, 0) is 58.9 Å². The summed E-state index contributed by atoms with van der Waals surface area (Å²) in [5.41, 5.74) is 14.1. The van der Waals surface area contributed by atoms with E-state index >= 15 is 0 Å². The molecule has 0 spiro atoms. The van der Waals surface area contributed by atoms with Gasteiger partial charge in [0.05, 0.1) is 65.2 Å². The van der Waals surface area contributed by atoms with Crippen molar-refractivity contribution in [2.75, 3.05) is 77.9 Å². The van der Waals surface area contributed by atoms with Crippen LogP contribution in [-0.4, -0.2) is 92.3 Å². The second kappa shape index (κ2) is 14.4. The van der Waals surface area contributed by atoms with Crippen molar-refractivity contribution in [2.45, 2.75) is 78.6 Å². The third-order valence-corrected chi connectivity index (χ3v) is 11.2. The van der Waals surface area contributed by atoms with Gasteiger partial charge in [-0.3, -0.25) is 0 Å². The van der Waals surface area contributed by atoms with E-state index in [1.165, 1.54) is 71.0 Å². The average Bonchev–Trinajstić information content (AvgIpc) is 3.37. The van der Waals surface area contributed by atoms with Crippen LogP contribution in [0.15, 0.2) is 72.5 Å². The van der Waals surface area contributed by atoms with Crippen LogP contribution in [0.1, 0.15) is 78.9 Å². The van der Waals surface area contributed by atoms with Crippen LogP contribution in [0.2, 0.25) is 0 Å². The molecular formula is C40H64N5+3. The molecule has 2 N–H and O–H groups in total. The number of nitrogens with two attached hydrogens (primary N) is 1. The van der Waals surface area contributed by atoms with Gasteiger partial charge in [0.25, 0.3) is 0 Å². The smallest absolute Gasteiger partial charge is 0.209 e. The molecule has 0 aliphatic carbocycles.